The van der Waals surface area contributed by atoms with E-state index in [-0.39, 0.29) is 0 Å². The summed E-state index contributed by atoms with van der Waals surface area (Å²) in [4.78, 5) is 9.02. The first-order valence-electron chi connectivity index (χ1n) is 8.71. The molecule has 1 aliphatic rings. The van der Waals surface area contributed by atoms with Crippen LogP contribution in [0.5, 0.6) is 0 Å². The van der Waals surface area contributed by atoms with Gasteiger partial charge in [0.2, 0.25) is 5.95 Å². The van der Waals surface area contributed by atoms with Crippen LogP contribution >= 0.6 is 0 Å². The Morgan fingerprint density at radius 3 is 2.74 bits per heavy atom. The molecule has 1 heterocycles. The number of nitrogens with one attached hydrogen (secondary N) is 2. The Hall–Kier alpha value is -2.10. The van der Waals surface area contributed by atoms with E-state index in [0.29, 0.717) is 6.04 Å². The van der Waals surface area contributed by atoms with E-state index >= 15 is 0 Å². The number of aromatic nitrogens is 2. The van der Waals surface area contributed by atoms with Crippen molar-refractivity contribution in [2.45, 2.75) is 58.4 Å². The smallest absolute Gasteiger partial charge is 0.224 e. The van der Waals surface area contributed by atoms with E-state index in [9.17, 15) is 0 Å². The van der Waals surface area contributed by atoms with E-state index in [2.05, 4.69) is 52.6 Å². The average Bonchev–Trinajstić information content (AvgIpc) is 2.58. The van der Waals surface area contributed by atoms with E-state index in [1.165, 1.54) is 43.2 Å². The number of aryl methyl sites for hydroxylation is 2. The lowest BCUT2D eigenvalue weighted by molar-refractivity contribution is 0.461. The van der Waals surface area contributed by atoms with Crippen LogP contribution in [0.1, 0.15) is 50.2 Å². The molecule has 3 rings (SSSR count). The second kappa shape index (κ2) is 7.44. The summed E-state index contributed by atoms with van der Waals surface area (Å²) < 4.78 is 0. The summed E-state index contributed by atoms with van der Waals surface area (Å²) in [5.74, 6) is 1.58. The quantitative estimate of drug-likeness (QED) is 0.830. The molecule has 1 fully saturated rings. The van der Waals surface area contributed by atoms with Crippen LogP contribution in [0.2, 0.25) is 0 Å². The minimum atomic E-state index is 0.517. The van der Waals surface area contributed by atoms with Crippen molar-refractivity contribution in [1.82, 2.24) is 9.97 Å². The fourth-order valence-corrected chi connectivity index (χ4v) is 3.26. The molecule has 0 aliphatic heterocycles. The second-order valence-electron chi connectivity index (χ2n) is 6.33. The number of rotatable bonds is 5. The van der Waals surface area contributed by atoms with Crippen molar-refractivity contribution in [2.75, 3.05) is 10.6 Å². The highest BCUT2D eigenvalue weighted by Gasteiger charge is 2.14. The van der Waals surface area contributed by atoms with Gasteiger partial charge in [-0.15, -0.1) is 0 Å². The molecule has 0 unspecified atom stereocenters. The Labute approximate surface area is 138 Å². The van der Waals surface area contributed by atoms with E-state index in [0.717, 1.165) is 23.9 Å². The first-order chi connectivity index (χ1) is 11.3. The van der Waals surface area contributed by atoms with Crippen LogP contribution in [-0.4, -0.2) is 16.0 Å². The van der Waals surface area contributed by atoms with Crippen molar-refractivity contribution in [3.05, 3.63) is 41.6 Å². The molecular formula is C19H26N4. The zero-order chi connectivity index (χ0) is 16.1. The second-order valence-corrected chi connectivity index (χ2v) is 6.33. The Balaban J connectivity index is 1.75. The Morgan fingerprint density at radius 1 is 1.13 bits per heavy atom. The SMILES string of the molecule is CCc1cccc(C)c1Nc1ccnc(NC2CCCCC2)n1. The van der Waals surface area contributed by atoms with Gasteiger partial charge >= 0.3 is 0 Å². The summed E-state index contributed by atoms with van der Waals surface area (Å²) in [5.41, 5.74) is 3.72. The molecule has 0 radical (unpaired) electrons. The normalized spacial score (nSPS) is 15.4. The fourth-order valence-electron chi connectivity index (χ4n) is 3.26. The summed E-state index contributed by atoms with van der Waals surface area (Å²) >= 11 is 0. The van der Waals surface area contributed by atoms with Crippen molar-refractivity contribution in [2.24, 2.45) is 0 Å². The van der Waals surface area contributed by atoms with Crippen molar-refractivity contribution >= 4 is 17.5 Å². The van der Waals surface area contributed by atoms with Crippen LogP contribution in [-0.2, 0) is 6.42 Å². The molecule has 4 heteroatoms. The minimum Gasteiger partial charge on any atom is -0.351 e. The minimum absolute atomic E-state index is 0.517. The van der Waals surface area contributed by atoms with Crippen molar-refractivity contribution in [3.8, 4) is 0 Å². The van der Waals surface area contributed by atoms with Gasteiger partial charge in [0.1, 0.15) is 5.82 Å². The third-order valence-electron chi connectivity index (χ3n) is 4.59. The molecule has 4 nitrogen and oxygen atoms in total. The van der Waals surface area contributed by atoms with Gasteiger partial charge in [-0.2, -0.15) is 4.98 Å². The summed E-state index contributed by atoms with van der Waals surface area (Å²) in [7, 11) is 0. The van der Waals surface area contributed by atoms with E-state index in [1.54, 1.807) is 0 Å². The number of para-hydroxylation sites is 1. The summed E-state index contributed by atoms with van der Waals surface area (Å²) in [5, 5.41) is 6.97. The van der Waals surface area contributed by atoms with E-state index < -0.39 is 0 Å². The van der Waals surface area contributed by atoms with E-state index in [1.807, 2.05) is 12.3 Å². The molecule has 2 N–H and O–H groups in total. The highest BCUT2D eigenvalue weighted by atomic mass is 15.1. The number of hydrogen-bond acceptors (Lipinski definition) is 4. The Morgan fingerprint density at radius 2 is 1.96 bits per heavy atom. The van der Waals surface area contributed by atoms with Crippen molar-refractivity contribution in [1.29, 1.82) is 0 Å². The van der Waals surface area contributed by atoms with Gasteiger partial charge in [0.15, 0.2) is 0 Å². The molecule has 0 bridgehead atoms. The molecule has 0 atom stereocenters. The summed E-state index contributed by atoms with van der Waals surface area (Å²) in [6.45, 7) is 4.31. The van der Waals surface area contributed by atoms with Crippen LogP contribution in [0, 0.1) is 6.92 Å². The molecule has 23 heavy (non-hydrogen) atoms. The molecule has 0 saturated heterocycles. The van der Waals surface area contributed by atoms with Crippen LogP contribution in [0.3, 0.4) is 0 Å². The fraction of sp³-hybridized carbons (Fsp3) is 0.474. The molecule has 1 saturated carbocycles. The maximum absolute atomic E-state index is 4.65. The highest BCUT2D eigenvalue weighted by molar-refractivity contribution is 5.65. The molecule has 1 aromatic carbocycles. The molecule has 2 aromatic rings. The van der Waals surface area contributed by atoms with E-state index in [4.69, 9.17) is 0 Å². The zero-order valence-corrected chi connectivity index (χ0v) is 14.1. The molecule has 0 spiro atoms. The Kier molecular flexibility index (Phi) is 5.11. The molecule has 0 amide bonds. The maximum atomic E-state index is 4.65. The van der Waals surface area contributed by atoms with Gasteiger partial charge in [0.25, 0.3) is 0 Å². The van der Waals surface area contributed by atoms with Crippen LogP contribution in [0.15, 0.2) is 30.5 Å². The van der Waals surface area contributed by atoms with Gasteiger partial charge in [-0.05, 0) is 43.4 Å². The summed E-state index contributed by atoms with van der Waals surface area (Å²) in [6, 6.07) is 8.85. The van der Waals surface area contributed by atoms with Gasteiger partial charge in [-0.25, -0.2) is 4.98 Å². The number of nitrogens with zero attached hydrogens (tertiary/aromatic N) is 2. The van der Waals surface area contributed by atoms with Crippen molar-refractivity contribution < 1.29 is 0 Å². The van der Waals surface area contributed by atoms with Crippen LogP contribution < -0.4 is 10.6 Å². The molecular weight excluding hydrogens is 284 g/mol. The topological polar surface area (TPSA) is 49.8 Å². The number of benzene rings is 1. The predicted molar refractivity (Wildman–Crippen MR) is 96.4 cm³/mol. The van der Waals surface area contributed by atoms with Crippen molar-refractivity contribution in [3.63, 3.8) is 0 Å². The number of hydrogen-bond donors (Lipinski definition) is 2. The highest BCUT2D eigenvalue weighted by Crippen LogP contribution is 2.25. The third kappa shape index (κ3) is 4.01. The largest absolute Gasteiger partial charge is 0.351 e. The number of anilines is 3. The monoisotopic (exact) mass is 310 g/mol. The molecule has 1 aliphatic carbocycles. The van der Waals surface area contributed by atoms with Crippen LogP contribution in [0.25, 0.3) is 0 Å². The van der Waals surface area contributed by atoms with Gasteiger partial charge < -0.3 is 10.6 Å². The third-order valence-corrected chi connectivity index (χ3v) is 4.59. The molecule has 1 aromatic heterocycles. The van der Waals surface area contributed by atoms with Gasteiger partial charge in [0.05, 0.1) is 0 Å². The predicted octanol–water partition coefficient (Wildman–Crippen LogP) is 4.84. The average molecular weight is 310 g/mol. The first-order valence-corrected chi connectivity index (χ1v) is 8.71. The molecule has 122 valence electrons. The zero-order valence-electron chi connectivity index (χ0n) is 14.1. The summed E-state index contributed by atoms with van der Waals surface area (Å²) in [6.07, 6.45) is 9.23. The standard InChI is InChI=1S/C19H26N4/c1-3-15-9-7-8-14(2)18(15)22-17-12-13-20-19(23-17)21-16-10-5-4-6-11-16/h7-9,12-13,16H,3-6,10-11H2,1-2H3,(H2,20,21,22,23). The van der Waals surface area contributed by atoms with Crippen LogP contribution in [0.4, 0.5) is 17.5 Å². The lowest BCUT2D eigenvalue weighted by atomic mass is 9.96. The Bertz CT molecular complexity index is 648. The van der Waals surface area contributed by atoms with Gasteiger partial charge in [-0.1, -0.05) is 44.4 Å². The van der Waals surface area contributed by atoms with Gasteiger partial charge in [-0.3, -0.25) is 0 Å². The van der Waals surface area contributed by atoms with Gasteiger partial charge in [0, 0.05) is 17.9 Å². The first kappa shape index (κ1) is 15.8. The lowest BCUT2D eigenvalue weighted by Gasteiger charge is -2.23. The maximum Gasteiger partial charge on any atom is 0.224 e. The lowest BCUT2D eigenvalue weighted by Crippen LogP contribution is -2.23.